The van der Waals surface area contributed by atoms with Crippen LogP contribution < -0.4 is 0 Å². The largest absolute Gasteiger partial charge is 0.444 e. The lowest BCUT2D eigenvalue weighted by atomic mass is 10.0. The molecule has 0 saturated heterocycles. The van der Waals surface area contributed by atoms with Crippen molar-refractivity contribution >= 4 is 12.4 Å². The number of nitrogens with zero attached hydrogens (tertiary/aromatic N) is 1. The molecule has 30 heavy (non-hydrogen) atoms. The smallest absolute Gasteiger partial charge is 0.410 e. The Morgan fingerprint density at radius 3 is 1.47 bits per heavy atom. The van der Waals surface area contributed by atoms with Crippen molar-refractivity contribution in [2.75, 3.05) is 6.54 Å². The minimum absolute atomic E-state index is 0.417. The molecule has 0 bridgehead atoms. The third-order valence-corrected chi connectivity index (χ3v) is 5.52. The van der Waals surface area contributed by atoms with E-state index in [1.807, 2.05) is 27.1 Å². The second-order valence-electron chi connectivity index (χ2n) is 9.77. The molecule has 0 aromatic carbocycles. The summed E-state index contributed by atoms with van der Waals surface area (Å²) in [4.78, 5) is 24.8. The first kappa shape index (κ1) is 28.9. The minimum atomic E-state index is -0.559. The van der Waals surface area contributed by atoms with Crippen molar-refractivity contribution in [2.45, 2.75) is 149 Å². The van der Waals surface area contributed by atoms with Gasteiger partial charge in [0.15, 0.2) is 0 Å². The number of hydrogen-bond donors (Lipinski definition) is 0. The predicted molar refractivity (Wildman–Crippen MR) is 128 cm³/mol. The van der Waals surface area contributed by atoms with E-state index in [1.165, 1.54) is 94.8 Å². The van der Waals surface area contributed by atoms with Crippen LogP contribution in [0.2, 0.25) is 0 Å². The van der Waals surface area contributed by atoms with Crippen LogP contribution in [0.25, 0.3) is 0 Å². The monoisotopic (exact) mass is 424 g/mol. The van der Waals surface area contributed by atoms with Gasteiger partial charge in [-0.25, -0.2) is 4.79 Å². The molecule has 177 valence electrons. The highest BCUT2D eigenvalue weighted by Crippen LogP contribution is 2.15. The first-order chi connectivity index (χ1) is 14.3. The summed E-state index contributed by atoms with van der Waals surface area (Å²) in [5, 5.41) is 0. The van der Waals surface area contributed by atoms with E-state index in [4.69, 9.17) is 4.74 Å². The zero-order chi connectivity index (χ0) is 22.7. The zero-order valence-corrected chi connectivity index (χ0v) is 20.8. The first-order valence-corrected chi connectivity index (χ1v) is 12.7. The van der Waals surface area contributed by atoms with Crippen molar-refractivity contribution < 1.29 is 14.3 Å². The number of rotatable bonds is 19. The molecule has 4 nitrogen and oxygen atoms in total. The number of ether oxygens (including phenoxy) is 1. The molecule has 0 fully saturated rings. The molecule has 0 spiro atoms. The Bertz CT molecular complexity index is 417. The molecule has 0 heterocycles. The number of hydrogen-bond acceptors (Lipinski definition) is 3. The van der Waals surface area contributed by atoms with E-state index in [-0.39, 0.29) is 0 Å². The van der Waals surface area contributed by atoms with Gasteiger partial charge in [0, 0.05) is 6.54 Å². The van der Waals surface area contributed by atoms with Crippen molar-refractivity contribution in [2.24, 2.45) is 0 Å². The minimum Gasteiger partial charge on any atom is -0.444 e. The number of carbonyl (C=O) groups excluding carboxylic acids is 2. The molecule has 1 atom stereocenters. The maximum absolute atomic E-state index is 12.3. The van der Waals surface area contributed by atoms with E-state index in [2.05, 4.69) is 6.92 Å². The van der Waals surface area contributed by atoms with Crippen LogP contribution in [0.3, 0.4) is 0 Å². The van der Waals surface area contributed by atoms with E-state index in [0.717, 1.165) is 12.8 Å². The molecular formula is C26H50NO3. The lowest BCUT2D eigenvalue weighted by Gasteiger charge is -2.29. The fraction of sp³-hybridized carbons (Fsp3) is 0.923. The summed E-state index contributed by atoms with van der Waals surface area (Å²) >= 11 is 0. The normalized spacial score (nSPS) is 12.6. The van der Waals surface area contributed by atoms with Gasteiger partial charge in [0.25, 0.3) is 0 Å². The van der Waals surface area contributed by atoms with Gasteiger partial charge in [-0.05, 0) is 34.1 Å². The number of amides is 1. The highest BCUT2D eigenvalue weighted by Gasteiger charge is 2.25. The third-order valence-electron chi connectivity index (χ3n) is 5.52. The zero-order valence-electron chi connectivity index (χ0n) is 20.8. The molecule has 0 rings (SSSR count). The van der Waals surface area contributed by atoms with E-state index < -0.39 is 17.7 Å². The van der Waals surface area contributed by atoms with Crippen LogP contribution >= 0.6 is 0 Å². The molecule has 1 radical (unpaired) electrons. The molecule has 0 aromatic rings. The second-order valence-corrected chi connectivity index (χ2v) is 9.77. The van der Waals surface area contributed by atoms with Crippen molar-refractivity contribution in [1.82, 2.24) is 4.90 Å². The van der Waals surface area contributed by atoms with Gasteiger partial charge in [-0.1, -0.05) is 103 Å². The van der Waals surface area contributed by atoms with Gasteiger partial charge >= 0.3 is 6.09 Å². The number of unbranched alkanes of at least 4 members (excludes halogenated alkanes) is 15. The van der Waals surface area contributed by atoms with Crippen LogP contribution in [-0.2, 0) is 9.53 Å². The van der Waals surface area contributed by atoms with E-state index >= 15 is 0 Å². The lowest BCUT2D eigenvalue weighted by molar-refractivity contribution is 0.0219. The third kappa shape index (κ3) is 17.8. The summed E-state index contributed by atoms with van der Waals surface area (Å²) in [6, 6.07) is -0.559. The fourth-order valence-corrected chi connectivity index (χ4v) is 3.66. The fourth-order valence-electron chi connectivity index (χ4n) is 3.66. The summed E-state index contributed by atoms with van der Waals surface area (Å²) in [6.45, 7) is 10.1. The number of carbonyl (C=O) groups is 1. The second kappa shape index (κ2) is 18.7. The maximum atomic E-state index is 12.3. The van der Waals surface area contributed by atoms with Crippen LogP contribution in [0, 0.1) is 0 Å². The summed E-state index contributed by atoms with van der Waals surface area (Å²) in [6.07, 6.45) is 22.6. The molecule has 0 aliphatic heterocycles. The van der Waals surface area contributed by atoms with Crippen LogP contribution in [0.1, 0.15) is 137 Å². The summed E-state index contributed by atoms with van der Waals surface area (Å²) < 4.78 is 5.41. The van der Waals surface area contributed by atoms with Crippen LogP contribution in [0.5, 0.6) is 0 Å². The molecule has 0 saturated carbocycles. The standard InChI is InChI=1S/C26H50NO3/c1-6-7-8-9-10-11-12-13-14-15-16-17-18-19-20-21-22-27(24(2)23-28)25(29)30-26(3,4)5/h24H,6-22H2,1-5H3/t24-/m1/s1. The van der Waals surface area contributed by atoms with Crippen LogP contribution in [0.15, 0.2) is 0 Å². The topological polar surface area (TPSA) is 46.6 Å². The summed E-state index contributed by atoms with van der Waals surface area (Å²) in [5.74, 6) is 0. The Hall–Kier alpha value is -1.06. The quantitative estimate of drug-likeness (QED) is 0.197. The molecular weight excluding hydrogens is 374 g/mol. The molecule has 1 amide bonds. The lowest BCUT2D eigenvalue weighted by Crippen LogP contribution is -2.43. The Kier molecular flexibility index (Phi) is 18.0. The molecule has 0 unspecified atom stereocenters. The molecule has 0 aromatic heterocycles. The van der Waals surface area contributed by atoms with E-state index in [9.17, 15) is 9.59 Å². The van der Waals surface area contributed by atoms with Crippen molar-refractivity contribution in [1.29, 1.82) is 0 Å². The van der Waals surface area contributed by atoms with Gasteiger partial charge in [0.2, 0.25) is 6.29 Å². The van der Waals surface area contributed by atoms with E-state index in [1.54, 1.807) is 6.92 Å². The molecule has 4 heteroatoms. The Morgan fingerprint density at radius 1 is 0.767 bits per heavy atom. The Morgan fingerprint density at radius 2 is 1.13 bits per heavy atom. The highest BCUT2D eigenvalue weighted by molar-refractivity contribution is 5.73. The highest BCUT2D eigenvalue weighted by atomic mass is 16.6. The predicted octanol–water partition coefficient (Wildman–Crippen LogP) is 7.98. The Labute approximate surface area is 187 Å². The van der Waals surface area contributed by atoms with Gasteiger partial charge in [-0.15, -0.1) is 0 Å². The summed E-state index contributed by atoms with van der Waals surface area (Å²) in [7, 11) is 0. The Balaban J connectivity index is 3.62. The maximum Gasteiger partial charge on any atom is 0.410 e. The van der Waals surface area contributed by atoms with Crippen molar-refractivity contribution in [3.63, 3.8) is 0 Å². The van der Waals surface area contributed by atoms with Gasteiger partial charge < -0.3 is 4.74 Å². The van der Waals surface area contributed by atoms with Crippen molar-refractivity contribution in [3.8, 4) is 0 Å². The molecule has 0 aliphatic rings. The molecule has 0 N–H and O–H groups in total. The van der Waals surface area contributed by atoms with E-state index in [0.29, 0.717) is 6.54 Å². The van der Waals surface area contributed by atoms with Crippen LogP contribution in [0.4, 0.5) is 4.79 Å². The molecule has 0 aliphatic carbocycles. The summed E-state index contributed by atoms with van der Waals surface area (Å²) in [5.41, 5.74) is -0.549. The van der Waals surface area contributed by atoms with Gasteiger partial charge in [-0.2, -0.15) is 0 Å². The SMILES string of the molecule is CCCCCCCCCCCCCCCCCCN(C(=O)OC(C)(C)C)[C@H](C)[C]=O. The van der Waals surface area contributed by atoms with Gasteiger partial charge in [0.1, 0.15) is 5.60 Å². The van der Waals surface area contributed by atoms with Gasteiger partial charge in [0.05, 0.1) is 6.04 Å². The average Bonchev–Trinajstić information content (AvgIpc) is 2.68. The van der Waals surface area contributed by atoms with Gasteiger partial charge in [-0.3, -0.25) is 9.69 Å². The first-order valence-electron chi connectivity index (χ1n) is 12.7. The van der Waals surface area contributed by atoms with Crippen LogP contribution in [-0.4, -0.2) is 35.5 Å². The average molecular weight is 425 g/mol. The van der Waals surface area contributed by atoms with Crippen molar-refractivity contribution in [3.05, 3.63) is 0 Å².